The Morgan fingerprint density at radius 2 is 1.30 bits per heavy atom. The monoisotopic (exact) mass is 659 g/mol. The number of fused-ring (bicyclic) bond motifs is 1. The van der Waals surface area contributed by atoms with E-state index < -0.39 is 0 Å². The predicted octanol–water partition coefficient (Wildman–Crippen LogP) is 9.14. The number of hydrogen-bond donors (Lipinski definition) is 2. The van der Waals surface area contributed by atoms with Gasteiger partial charge in [-0.1, -0.05) is 123 Å². The molecule has 0 aliphatic carbocycles. The molecule has 0 fully saturated rings. The number of carbonyl (C=O) groups excluding carboxylic acids is 1. The van der Waals surface area contributed by atoms with Crippen LogP contribution in [0.1, 0.15) is 123 Å². The first-order chi connectivity index (χ1) is 22.3. The van der Waals surface area contributed by atoms with E-state index in [4.69, 9.17) is 25.8 Å². The summed E-state index contributed by atoms with van der Waals surface area (Å²) in [4.78, 5) is 16.9. The van der Waals surface area contributed by atoms with Crippen molar-refractivity contribution < 1.29 is 19.0 Å². The van der Waals surface area contributed by atoms with Crippen LogP contribution in [0.25, 0.3) is 17.0 Å². The number of H-pyrrole nitrogens is 1. The summed E-state index contributed by atoms with van der Waals surface area (Å²) < 4.78 is 18.3. The average Bonchev–Trinajstić information content (AvgIpc) is 3.59. The Labute approximate surface area is 281 Å². The highest BCUT2D eigenvalue weighted by Crippen LogP contribution is 2.32. The van der Waals surface area contributed by atoms with Gasteiger partial charge in [0.1, 0.15) is 11.6 Å². The van der Waals surface area contributed by atoms with Crippen LogP contribution in [0, 0.1) is 0 Å². The van der Waals surface area contributed by atoms with Crippen molar-refractivity contribution in [2.24, 2.45) is 0 Å². The summed E-state index contributed by atoms with van der Waals surface area (Å²) in [6.07, 6.45) is 19.0. The molecule has 0 spiro atoms. The maximum absolute atomic E-state index is 12.3. The fourth-order valence-corrected chi connectivity index (χ4v) is 5.77. The number of nitrogens with one attached hydrogen (secondary N) is 2. The van der Waals surface area contributed by atoms with E-state index >= 15 is 0 Å². The first-order valence-corrected chi connectivity index (χ1v) is 18.0. The van der Waals surface area contributed by atoms with Gasteiger partial charge < -0.3 is 19.5 Å². The van der Waals surface area contributed by atoms with Gasteiger partial charge in [-0.2, -0.15) is 4.63 Å². The van der Waals surface area contributed by atoms with Gasteiger partial charge in [0.25, 0.3) is 0 Å². The van der Waals surface area contributed by atoms with Gasteiger partial charge >= 0.3 is 0 Å². The number of benzene rings is 1. The highest BCUT2D eigenvalue weighted by molar-refractivity contribution is 6.34. The summed E-state index contributed by atoms with van der Waals surface area (Å²) in [6, 6.07) is 7.34. The molecule has 258 valence electrons. The van der Waals surface area contributed by atoms with Crippen molar-refractivity contribution in [2.45, 2.75) is 123 Å². The third-order valence-corrected chi connectivity index (χ3v) is 8.39. The standard InChI is InChI=1S/C36H58ClN5O4/c1-5-6-7-8-9-10-11-12-13-14-15-16-17-18-23-44-24-25-45-26-27-46-28-31(43)38-30-21-19-29(20-22-30)34-39-35-32(37)33(36(2,3)4)40-42(35)41-34/h19-22,40H,5-18,23-28H2,1-4H3,(H,38,43). The molecular weight excluding hydrogens is 602 g/mol. The van der Waals surface area contributed by atoms with E-state index in [1.165, 1.54) is 83.5 Å². The van der Waals surface area contributed by atoms with Crippen molar-refractivity contribution in [1.29, 1.82) is 0 Å². The van der Waals surface area contributed by atoms with E-state index in [9.17, 15) is 4.79 Å². The van der Waals surface area contributed by atoms with Crippen molar-refractivity contribution >= 4 is 28.8 Å². The number of aromatic nitrogens is 4. The van der Waals surface area contributed by atoms with Crippen LogP contribution in [0.15, 0.2) is 24.3 Å². The molecule has 1 amide bonds. The molecule has 2 N–H and O–H groups in total. The summed E-state index contributed by atoms with van der Waals surface area (Å²) in [6.45, 7) is 11.2. The topological polar surface area (TPSA) is 103 Å². The van der Waals surface area contributed by atoms with Crippen LogP contribution in [0.4, 0.5) is 5.69 Å². The molecule has 0 radical (unpaired) electrons. The second-order valence-corrected chi connectivity index (χ2v) is 13.6. The number of rotatable bonds is 25. The molecule has 0 atom stereocenters. The summed E-state index contributed by atoms with van der Waals surface area (Å²) in [5.74, 6) is 0.328. The summed E-state index contributed by atoms with van der Waals surface area (Å²) in [5, 5.41) is 11.2. The number of amides is 1. The van der Waals surface area contributed by atoms with Crippen LogP contribution in [0.5, 0.6) is 0 Å². The lowest BCUT2D eigenvalue weighted by molar-refractivity contribution is -0.121. The molecule has 3 rings (SSSR count). The molecule has 0 saturated carbocycles. The zero-order chi connectivity index (χ0) is 33.0. The van der Waals surface area contributed by atoms with Gasteiger partial charge in [-0.15, -0.1) is 5.10 Å². The SMILES string of the molecule is CCCCCCCCCCCCCCCCOCCOCCOCC(=O)Nc1ccc(-c2nc3c(Cl)c(C(C)(C)C)[nH]n3n2)cc1. The van der Waals surface area contributed by atoms with Crippen LogP contribution in [0.2, 0.25) is 5.02 Å². The molecule has 10 heteroatoms. The van der Waals surface area contributed by atoms with Gasteiger partial charge in [0.2, 0.25) is 5.91 Å². The Hall–Kier alpha value is -2.46. The van der Waals surface area contributed by atoms with Crippen LogP contribution >= 0.6 is 11.6 Å². The lowest BCUT2D eigenvalue weighted by Crippen LogP contribution is -2.20. The van der Waals surface area contributed by atoms with Crippen molar-refractivity contribution in [2.75, 3.05) is 45.0 Å². The molecule has 0 unspecified atom stereocenters. The maximum atomic E-state index is 12.3. The smallest absolute Gasteiger partial charge is 0.250 e. The molecule has 0 saturated heterocycles. The van der Waals surface area contributed by atoms with Gasteiger partial charge in [0, 0.05) is 23.3 Å². The maximum Gasteiger partial charge on any atom is 0.250 e. The van der Waals surface area contributed by atoms with E-state index in [0.717, 1.165) is 24.3 Å². The number of halogens is 1. The zero-order valence-corrected chi connectivity index (χ0v) is 29.6. The summed E-state index contributed by atoms with van der Waals surface area (Å²) in [5.41, 5.74) is 2.83. The van der Waals surface area contributed by atoms with Gasteiger partial charge in [0.15, 0.2) is 11.5 Å². The highest BCUT2D eigenvalue weighted by atomic mass is 35.5. The molecule has 2 aromatic heterocycles. The fourth-order valence-electron chi connectivity index (χ4n) is 5.32. The van der Waals surface area contributed by atoms with Crippen LogP contribution in [0.3, 0.4) is 0 Å². The summed E-state index contributed by atoms with van der Waals surface area (Å²) >= 11 is 6.54. The van der Waals surface area contributed by atoms with E-state index in [2.05, 4.69) is 48.2 Å². The molecule has 0 bridgehead atoms. The number of ether oxygens (including phenoxy) is 3. The van der Waals surface area contributed by atoms with E-state index in [1.807, 2.05) is 24.3 Å². The molecular formula is C36H58ClN5O4. The third kappa shape index (κ3) is 14.1. The van der Waals surface area contributed by atoms with Gasteiger partial charge in [0.05, 0.1) is 32.1 Å². The third-order valence-electron chi connectivity index (χ3n) is 8.04. The largest absolute Gasteiger partial charge is 0.379 e. The lowest BCUT2D eigenvalue weighted by Gasteiger charge is -2.16. The quantitative estimate of drug-likeness (QED) is 0.0880. The van der Waals surface area contributed by atoms with Crippen LogP contribution < -0.4 is 5.32 Å². The molecule has 2 heterocycles. The Morgan fingerprint density at radius 1 is 0.783 bits per heavy atom. The summed E-state index contributed by atoms with van der Waals surface area (Å²) in [7, 11) is 0. The molecule has 0 aliphatic heterocycles. The van der Waals surface area contributed by atoms with Crippen LogP contribution in [-0.2, 0) is 24.4 Å². The van der Waals surface area contributed by atoms with E-state index in [-0.39, 0.29) is 17.9 Å². The second-order valence-electron chi connectivity index (χ2n) is 13.2. The van der Waals surface area contributed by atoms with Gasteiger partial charge in [-0.05, 0) is 30.7 Å². The lowest BCUT2D eigenvalue weighted by atomic mass is 9.92. The number of nitrogens with zero attached hydrogens (tertiary/aromatic N) is 3. The minimum absolute atomic E-state index is 0.0390. The fraction of sp³-hybridized carbons (Fsp3) is 0.694. The first-order valence-electron chi connectivity index (χ1n) is 17.6. The number of unbranched alkanes of at least 4 members (excludes halogenated alkanes) is 13. The molecule has 9 nitrogen and oxygen atoms in total. The van der Waals surface area contributed by atoms with E-state index in [0.29, 0.717) is 48.6 Å². The Morgan fingerprint density at radius 3 is 1.85 bits per heavy atom. The van der Waals surface area contributed by atoms with Crippen LogP contribution in [-0.4, -0.2) is 65.4 Å². The van der Waals surface area contributed by atoms with Crippen molar-refractivity contribution in [1.82, 2.24) is 19.8 Å². The highest BCUT2D eigenvalue weighted by Gasteiger charge is 2.24. The number of hydrogen-bond acceptors (Lipinski definition) is 6. The van der Waals surface area contributed by atoms with Crippen molar-refractivity contribution in [3.05, 3.63) is 35.0 Å². The van der Waals surface area contributed by atoms with Crippen molar-refractivity contribution in [3.8, 4) is 11.4 Å². The molecule has 1 aromatic carbocycles. The Kier molecular flexibility index (Phi) is 17.7. The van der Waals surface area contributed by atoms with Gasteiger partial charge in [-0.25, -0.2) is 4.98 Å². The zero-order valence-electron chi connectivity index (χ0n) is 28.8. The van der Waals surface area contributed by atoms with Gasteiger partial charge in [-0.3, -0.25) is 9.89 Å². The normalized spacial score (nSPS) is 11.9. The average molecular weight is 660 g/mol. The Bertz CT molecular complexity index is 1250. The second kappa shape index (κ2) is 21.4. The predicted molar refractivity (Wildman–Crippen MR) is 188 cm³/mol. The first kappa shape index (κ1) is 38.0. The molecule has 0 aliphatic rings. The van der Waals surface area contributed by atoms with Crippen molar-refractivity contribution in [3.63, 3.8) is 0 Å². The minimum atomic E-state index is -0.223. The Balaban J connectivity index is 1.12. The molecule has 46 heavy (non-hydrogen) atoms. The number of carbonyl (C=O) groups is 1. The molecule has 3 aromatic rings. The number of aromatic amines is 1. The van der Waals surface area contributed by atoms with E-state index in [1.54, 1.807) is 4.63 Å². The minimum Gasteiger partial charge on any atom is -0.379 e. The number of anilines is 1.